The number of amides is 1. The third-order valence-corrected chi connectivity index (χ3v) is 6.29. The van der Waals surface area contributed by atoms with Crippen LogP contribution in [0.3, 0.4) is 0 Å². The highest BCUT2D eigenvalue weighted by atomic mass is 16.7. The van der Waals surface area contributed by atoms with E-state index in [1.165, 1.54) is 31.2 Å². The number of rotatable bonds is 17. The van der Waals surface area contributed by atoms with E-state index in [1.807, 2.05) is 0 Å². The molecule has 264 valence electrons. The van der Waals surface area contributed by atoms with E-state index in [2.05, 4.69) is 10.1 Å². The van der Waals surface area contributed by atoms with Gasteiger partial charge in [0.25, 0.3) is 0 Å². The summed E-state index contributed by atoms with van der Waals surface area (Å²) in [5, 5.41) is 12.0. The molecule has 2 rings (SSSR count). The van der Waals surface area contributed by atoms with E-state index in [-0.39, 0.29) is 38.4 Å². The molecular weight excluding hydrogens is 642 g/mol. The Labute approximate surface area is 275 Å². The van der Waals surface area contributed by atoms with Gasteiger partial charge in [-0.05, 0) is 38.0 Å². The Hall–Kier alpha value is -4.90. The van der Waals surface area contributed by atoms with Crippen molar-refractivity contribution in [1.82, 2.24) is 5.32 Å². The van der Waals surface area contributed by atoms with E-state index >= 15 is 0 Å². The first-order valence-electron chi connectivity index (χ1n) is 14.8. The summed E-state index contributed by atoms with van der Waals surface area (Å²) in [5.74, 6) is -3.50. The summed E-state index contributed by atoms with van der Waals surface area (Å²) >= 11 is 0. The number of carbonyl (C=O) groups is 6. The summed E-state index contributed by atoms with van der Waals surface area (Å²) in [6, 6.07) is 4.81. The van der Waals surface area contributed by atoms with Gasteiger partial charge in [-0.3, -0.25) is 19.2 Å². The van der Waals surface area contributed by atoms with E-state index in [4.69, 9.17) is 43.4 Å². The molecule has 18 heteroatoms. The SMILES string of the molecule is CCOC(=O)[C@H](CCC(=O)C=[N+]=[N-])NC(=O)OCc1ccc(O[C@@H]2O[C@H](COC(C)O)[C@@H](OC(C)=O)[C@H](OC(C)=O)[C@H]2OC(C)=O)cc1. The van der Waals surface area contributed by atoms with Crippen molar-refractivity contribution >= 4 is 42.0 Å². The predicted molar refractivity (Wildman–Crippen MR) is 158 cm³/mol. The van der Waals surface area contributed by atoms with E-state index in [0.717, 1.165) is 20.8 Å². The molecule has 18 nitrogen and oxygen atoms in total. The molecule has 1 unspecified atom stereocenters. The first-order chi connectivity index (χ1) is 22.7. The normalized spacial score (nSPS) is 21.2. The molecule has 1 heterocycles. The Bertz CT molecular complexity index is 1330. The third kappa shape index (κ3) is 13.4. The fraction of sp³-hybridized carbons (Fsp3) is 0.567. The highest BCUT2D eigenvalue weighted by Gasteiger charge is 2.53. The standard InChI is InChI=1S/C30H39N3O15/c1-6-41-28(39)23(12-9-21(38)13-32-31)33-30(40)43-14-20-7-10-22(11-8-20)47-29-27(46-19(5)37)26(45-18(4)36)25(44-17(3)35)24(48-29)15-42-16(2)34/h7-8,10-11,13,16,23-27,29,34H,6,9,12,14-15H2,1-5H3,(H,33,40)/t16?,23-,24+,25+,26-,27+,29+/m0/s1. The molecule has 1 saturated heterocycles. The van der Waals surface area contributed by atoms with Crippen LogP contribution in [0.1, 0.15) is 53.0 Å². The largest absolute Gasteiger partial charge is 0.464 e. The number of aliphatic hydroxyl groups is 1. The average molecular weight is 682 g/mol. The van der Waals surface area contributed by atoms with Gasteiger partial charge in [0, 0.05) is 27.2 Å². The summed E-state index contributed by atoms with van der Waals surface area (Å²) in [4.78, 5) is 74.9. The van der Waals surface area contributed by atoms with Crippen LogP contribution >= 0.6 is 0 Å². The van der Waals surface area contributed by atoms with Crippen LogP contribution < -0.4 is 10.1 Å². The molecule has 0 aliphatic carbocycles. The van der Waals surface area contributed by atoms with Gasteiger partial charge in [0.05, 0.1) is 13.2 Å². The monoisotopic (exact) mass is 681 g/mol. The van der Waals surface area contributed by atoms with Gasteiger partial charge in [-0.1, -0.05) is 12.1 Å². The molecular formula is C30H39N3O15. The molecule has 48 heavy (non-hydrogen) atoms. The van der Waals surface area contributed by atoms with E-state index in [9.17, 15) is 33.9 Å². The summed E-state index contributed by atoms with van der Waals surface area (Å²) in [7, 11) is 0. The van der Waals surface area contributed by atoms with E-state index in [1.54, 1.807) is 6.92 Å². The molecule has 7 atom stereocenters. The van der Waals surface area contributed by atoms with Crippen LogP contribution in [-0.4, -0.2) is 108 Å². The van der Waals surface area contributed by atoms with Crippen LogP contribution in [0, 0.1) is 0 Å². The zero-order chi connectivity index (χ0) is 35.8. The zero-order valence-electron chi connectivity index (χ0n) is 27.0. The Kier molecular flexibility index (Phi) is 16.1. The molecule has 0 radical (unpaired) electrons. The maximum atomic E-state index is 12.4. The summed E-state index contributed by atoms with van der Waals surface area (Å²) in [6.07, 6.45) is -8.54. The van der Waals surface area contributed by atoms with Crippen molar-refractivity contribution in [1.29, 1.82) is 0 Å². The van der Waals surface area contributed by atoms with Gasteiger partial charge in [-0.15, -0.1) is 0 Å². The number of ether oxygens (including phenoxy) is 8. The van der Waals surface area contributed by atoms with Gasteiger partial charge in [-0.2, -0.15) is 4.79 Å². The minimum Gasteiger partial charge on any atom is -0.464 e. The summed E-state index contributed by atoms with van der Waals surface area (Å²) in [5.41, 5.74) is 8.96. The Morgan fingerprint density at radius 3 is 2.12 bits per heavy atom. The van der Waals surface area contributed by atoms with Gasteiger partial charge < -0.3 is 53.8 Å². The van der Waals surface area contributed by atoms with E-state index in [0.29, 0.717) is 11.8 Å². The number of carbonyl (C=O) groups excluding carboxylic acids is 6. The number of alkyl carbamates (subject to hydrolysis) is 1. The lowest BCUT2D eigenvalue weighted by molar-refractivity contribution is -0.294. The third-order valence-electron chi connectivity index (χ3n) is 6.29. The molecule has 0 aromatic heterocycles. The maximum Gasteiger partial charge on any atom is 0.408 e. The van der Waals surface area contributed by atoms with Crippen LogP contribution in [0.2, 0.25) is 0 Å². The van der Waals surface area contributed by atoms with Gasteiger partial charge >= 0.3 is 36.2 Å². The Balaban J connectivity index is 2.18. The van der Waals surface area contributed by atoms with Crippen molar-refractivity contribution in [2.45, 2.75) is 97.1 Å². The molecule has 1 amide bonds. The molecule has 0 spiro atoms. The summed E-state index contributed by atoms with van der Waals surface area (Å²) in [6.45, 7) is 5.71. The Morgan fingerprint density at radius 1 is 0.958 bits per heavy atom. The van der Waals surface area contributed by atoms with Crippen molar-refractivity contribution < 1.29 is 76.6 Å². The van der Waals surface area contributed by atoms with Gasteiger partial charge in [0.15, 0.2) is 18.5 Å². The van der Waals surface area contributed by atoms with Crippen molar-refractivity contribution in [3.05, 3.63) is 35.4 Å². The molecule has 1 aromatic rings. The number of ketones is 1. The molecule has 1 aliphatic heterocycles. The molecule has 1 aromatic carbocycles. The average Bonchev–Trinajstić information content (AvgIpc) is 3.00. The van der Waals surface area contributed by atoms with Gasteiger partial charge in [-0.25, -0.2) is 9.59 Å². The summed E-state index contributed by atoms with van der Waals surface area (Å²) < 4.78 is 43.4. The minimum atomic E-state index is -1.42. The van der Waals surface area contributed by atoms with Crippen LogP contribution in [0.15, 0.2) is 24.3 Å². The molecule has 2 N–H and O–H groups in total. The predicted octanol–water partition coefficient (Wildman–Crippen LogP) is 0.748. The number of aliphatic hydroxyl groups excluding tert-OH is 1. The first kappa shape index (κ1) is 39.3. The van der Waals surface area contributed by atoms with Crippen LogP contribution in [0.5, 0.6) is 5.75 Å². The number of Topliss-reactive ketones (excluding diaryl/α,β-unsaturated/α-hetero) is 1. The highest BCUT2D eigenvalue weighted by molar-refractivity contribution is 6.25. The highest BCUT2D eigenvalue weighted by Crippen LogP contribution is 2.31. The molecule has 1 fully saturated rings. The van der Waals surface area contributed by atoms with Crippen molar-refractivity contribution in [3.63, 3.8) is 0 Å². The topological polar surface area (TPSA) is 245 Å². The zero-order valence-corrected chi connectivity index (χ0v) is 27.0. The van der Waals surface area contributed by atoms with Crippen LogP contribution in [0.4, 0.5) is 4.79 Å². The van der Waals surface area contributed by atoms with Gasteiger partial charge in [0.2, 0.25) is 18.2 Å². The van der Waals surface area contributed by atoms with Crippen LogP contribution in [-0.2, 0) is 63.7 Å². The Morgan fingerprint density at radius 2 is 1.56 bits per heavy atom. The number of hydrogen-bond acceptors (Lipinski definition) is 15. The second-order valence-electron chi connectivity index (χ2n) is 10.2. The number of nitrogens with one attached hydrogen (secondary N) is 1. The minimum absolute atomic E-state index is 0.0352. The van der Waals surface area contributed by atoms with Crippen molar-refractivity contribution in [2.24, 2.45) is 0 Å². The lowest BCUT2D eigenvalue weighted by Gasteiger charge is -2.44. The first-order valence-corrected chi connectivity index (χ1v) is 14.8. The fourth-order valence-corrected chi connectivity index (χ4v) is 4.36. The van der Waals surface area contributed by atoms with Crippen molar-refractivity contribution in [2.75, 3.05) is 13.2 Å². The maximum absolute atomic E-state index is 12.4. The quantitative estimate of drug-likeness (QED) is 0.0575. The molecule has 0 saturated carbocycles. The van der Waals surface area contributed by atoms with Gasteiger partial charge in [0.1, 0.15) is 24.5 Å². The van der Waals surface area contributed by atoms with Crippen LogP contribution in [0.25, 0.3) is 5.53 Å². The second kappa shape index (κ2) is 19.7. The smallest absolute Gasteiger partial charge is 0.408 e. The fourth-order valence-electron chi connectivity index (χ4n) is 4.36. The lowest BCUT2D eigenvalue weighted by Crippen LogP contribution is -2.63. The number of benzene rings is 1. The molecule has 1 aliphatic rings. The second-order valence-corrected chi connectivity index (χ2v) is 10.2. The van der Waals surface area contributed by atoms with Crippen molar-refractivity contribution in [3.8, 4) is 5.75 Å². The number of hydrogen-bond donors (Lipinski definition) is 2. The molecule has 0 bridgehead atoms. The van der Waals surface area contributed by atoms with E-state index < -0.39 is 78.8 Å². The number of nitrogens with zero attached hydrogens (tertiary/aromatic N) is 2. The lowest BCUT2D eigenvalue weighted by atomic mass is 9.98. The number of esters is 4.